The summed E-state index contributed by atoms with van der Waals surface area (Å²) in [5.74, 6) is -0.604. The van der Waals surface area contributed by atoms with Crippen molar-refractivity contribution in [2.75, 3.05) is 17.4 Å². The lowest BCUT2D eigenvalue weighted by molar-refractivity contribution is -0.140. The summed E-state index contributed by atoms with van der Waals surface area (Å²) in [6.07, 6.45) is 0.343. The highest BCUT2D eigenvalue weighted by Crippen LogP contribution is 2.30. The van der Waals surface area contributed by atoms with Gasteiger partial charge in [0.1, 0.15) is 12.6 Å². The summed E-state index contributed by atoms with van der Waals surface area (Å²) in [5, 5.41) is 3.37. The first-order valence-electron chi connectivity index (χ1n) is 13.1. The van der Waals surface area contributed by atoms with Gasteiger partial charge in [-0.1, -0.05) is 86.4 Å². The van der Waals surface area contributed by atoms with Crippen LogP contribution in [-0.2, 0) is 26.2 Å². The lowest BCUT2D eigenvalue weighted by Gasteiger charge is -2.33. The van der Waals surface area contributed by atoms with E-state index in [1.165, 1.54) is 35.2 Å². The van der Waals surface area contributed by atoms with Crippen LogP contribution in [0.25, 0.3) is 0 Å². The van der Waals surface area contributed by atoms with E-state index >= 15 is 0 Å². The first kappa shape index (κ1) is 31.5. The van der Waals surface area contributed by atoms with Gasteiger partial charge in [0.15, 0.2) is 0 Å². The third-order valence-electron chi connectivity index (χ3n) is 6.42. The van der Waals surface area contributed by atoms with Gasteiger partial charge in [-0.05, 0) is 60.7 Å². The molecule has 0 spiro atoms. The molecule has 3 rings (SSSR count). The largest absolute Gasteiger partial charge is 0.354 e. The van der Waals surface area contributed by atoms with Gasteiger partial charge in [0.05, 0.1) is 10.6 Å². The molecule has 0 fully saturated rings. The average Bonchev–Trinajstić information content (AvgIpc) is 2.91. The van der Waals surface area contributed by atoms with E-state index in [0.717, 1.165) is 15.4 Å². The monoisotopic (exact) mass is 603 g/mol. The molecular formula is C30H35Cl2N3O4S. The number of carbonyl (C=O) groups excluding carboxylic acids is 2. The van der Waals surface area contributed by atoms with Gasteiger partial charge in [-0.2, -0.15) is 0 Å². The van der Waals surface area contributed by atoms with Gasteiger partial charge in [-0.3, -0.25) is 13.9 Å². The van der Waals surface area contributed by atoms with E-state index in [9.17, 15) is 18.0 Å². The molecule has 40 heavy (non-hydrogen) atoms. The molecule has 0 saturated carbocycles. The molecular weight excluding hydrogens is 569 g/mol. The van der Waals surface area contributed by atoms with E-state index in [1.807, 2.05) is 52.0 Å². The second-order valence-electron chi connectivity index (χ2n) is 9.96. The number of halogens is 2. The van der Waals surface area contributed by atoms with Crippen molar-refractivity contribution in [2.24, 2.45) is 5.92 Å². The van der Waals surface area contributed by atoms with Crippen molar-refractivity contribution in [1.82, 2.24) is 10.2 Å². The SMILES string of the molecule is CC[C@@H](C(=O)NCC(C)C)N(Cc1ccccc1C)C(=O)CN(c1cc(Cl)cc(Cl)c1)S(=O)(=O)c1ccccc1. The summed E-state index contributed by atoms with van der Waals surface area (Å²) in [5.41, 5.74) is 1.95. The van der Waals surface area contributed by atoms with Crippen molar-refractivity contribution >= 4 is 50.7 Å². The Morgan fingerprint density at radius 1 is 0.925 bits per heavy atom. The first-order valence-corrected chi connectivity index (χ1v) is 15.3. The normalized spacial score (nSPS) is 12.2. The molecule has 3 aromatic rings. The maximum absolute atomic E-state index is 14.1. The van der Waals surface area contributed by atoms with Crippen molar-refractivity contribution in [3.8, 4) is 0 Å². The summed E-state index contributed by atoms with van der Waals surface area (Å²) in [7, 11) is -4.20. The first-order chi connectivity index (χ1) is 18.9. The quantitative estimate of drug-likeness (QED) is 0.272. The molecule has 0 aromatic heterocycles. The Morgan fingerprint density at radius 3 is 2.10 bits per heavy atom. The zero-order valence-electron chi connectivity index (χ0n) is 23.1. The summed E-state index contributed by atoms with van der Waals surface area (Å²) in [6.45, 7) is 7.75. The number of carbonyl (C=O) groups is 2. The zero-order valence-corrected chi connectivity index (χ0v) is 25.4. The lowest BCUT2D eigenvalue weighted by atomic mass is 10.1. The van der Waals surface area contributed by atoms with Crippen LogP contribution in [0, 0.1) is 12.8 Å². The molecule has 10 heteroatoms. The summed E-state index contributed by atoms with van der Waals surface area (Å²) in [6, 6.07) is 19.0. The fraction of sp³-hybridized carbons (Fsp3) is 0.333. The van der Waals surface area contributed by atoms with Gasteiger partial charge in [0.25, 0.3) is 10.0 Å². The number of hydrogen-bond acceptors (Lipinski definition) is 4. The van der Waals surface area contributed by atoms with Gasteiger partial charge in [-0.25, -0.2) is 8.42 Å². The standard InChI is InChI=1S/C30H35Cl2N3O4S/c1-5-28(30(37)33-18-21(2)3)34(19-23-12-10-9-11-22(23)4)29(36)20-35(26-16-24(31)15-25(32)17-26)40(38,39)27-13-7-6-8-14-27/h6-17,21,28H,5,18-20H2,1-4H3,(H,33,37)/t28-/m0/s1. The molecule has 7 nitrogen and oxygen atoms in total. The molecule has 1 N–H and O–H groups in total. The molecule has 0 unspecified atom stereocenters. The maximum atomic E-state index is 14.1. The van der Waals surface area contributed by atoms with Crippen LogP contribution in [-0.4, -0.2) is 44.3 Å². The number of benzene rings is 3. The fourth-order valence-corrected chi connectivity index (χ4v) is 6.18. The van der Waals surface area contributed by atoms with E-state index in [2.05, 4.69) is 5.32 Å². The fourth-order valence-electron chi connectivity index (χ4n) is 4.24. The van der Waals surface area contributed by atoms with Gasteiger partial charge in [-0.15, -0.1) is 0 Å². The number of amides is 2. The smallest absolute Gasteiger partial charge is 0.264 e. The van der Waals surface area contributed by atoms with Crippen LogP contribution in [0.3, 0.4) is 0 Å². The van der Waals surface area contributed by atoms with Crippen LogP contribution in [0.15, 0.2) is 77.7 Å². The predicted octanol–water partition coefficient (Wildman–Crippen LogP) is 6.08. The summed E-state index contributed by atoms with van der Waals surface area (Å²) in [4.78, 5) is 28.9. The second-order valence-corrected chi connectivity index (χ2v) is 12.7. The Kier molecular flexibility index (Phi) is 11.0. The molecule has 2 amide bonds. The molecule has 0 bridgehead atoms. The van der Waals surface area contributed by atoms with Crippen molar-refractivity contribution < 1.29 is 18.0 Å². The summed E-state index contributed by atoms with van der Waals surface area (Å²) < 4.78 is 28.7. The highest BCUT2D eigenvalue weighted by Gasteiger charge is 2.34. The molecule has 214 valence electrons. The molecule has 0 aliphatic rings. The van der Waals surface area contributed by atoms with Crippen molar-refractivity contribution in [3.05, 3.63) is 94.0 Å². The summed E-state index contributed by atoms with van der Waals surface area (Å²) >= 11 is 12.5. The van der Waals surface area contributed by atoms with Gasteiger partial charge >= 0.3 is 0 Å². The van der Waals surface area contributed by atoms with Crippen molar-refractivity contribution in [1.29, 1.82) is 0 Å². The number of sulfonamides is 1. The van der Waals surface area contributed by atoms with E-state index in [1.54, 1.807) is 18.2 Å². The van der Waals surface area contributed by atoms with E-state index in [-0.39, 0.29) is 39.0 Å². The molecule has 0 heterocycles. The molecule has 0 radical (unpaired) electrons. The third-order valence-corrected chi connectivity index (χ3v) is 8.64. The van der Waals surface area contributed by atoms with Crippen LogP contribution in [0.5, 0.6) is 0 Å². The highest BCUT2D eigenvalue weighted by molar-refractivity contribution is 7.92. The van der Waals surface area contributed by atoms with E-state index in [0.29, 0.717) is 13.0 Å². The number of nitrogens with zero attached hydrogens (tertiary/aromatic N) is 2. The Balaban J connectivity index is 2.08. The minimum absolute atomic E-state index is 0.00562. The molecule has 3 aromatic carbocycles. The Hall–Kier alpha value is -3.07. The third kappa shape index (κ3) is 7.99. The van der Waals surface area contributed by atoms with E-state index < -0.39 is 28.5 Å². The van der Waals surface area contributed by atoms with Crippen molar-refractivity contribution in [2.45, 2.75) is 51.6 Å². The van der Waals surface area contributed by atoms with Crippen LogP contribution >= 0.6 is 23.2 Å². The molecule has 1 atom stereocenters. The average molecular weight is 605 g/mol. The highest BCUT2D eigenvalue weighted by atomic mass is 35.5. The number of anilines is 1. The van der Waals surface area contributed by atoms with Gasteiger partial charge in [0, 0.05) is 23.1 Å². The second kappa shape index (κ2) is 14.0. The van der Waals surface area contributed by atoms with Crippen LogP contribution in [0.4, 0.5) is 5.69 Å². The topological polar surface area (TPSA) is 86.8 Å². The Morgan fingerprint density at radius 2 is 1.52 bits per heavy atom. The van der Waals surface area contributed by atoms with E-state index in [4.69, 9.17) is 23.2 Å². The maximum Gasteiger partial charge on any atom is 0.264 e. The minimum atomic E-state index is -4.20. The predicted molar refractivity (Wildman–Crippen MR) is 161 cm³/mol. The number of hydrogen-bond donors (Lipinski definition) is 1. The molecule has 0 aliphatic heterocycles. The van der Waals surface area contributed by atoms with Crippen LogP contribution in [0.1, 0.15) is 38.3 Å². The van der Waals surface area contributed by atoms with Crippen LogP contribution in [0.2, 0.25) is 10.0 Å². The number of rotatable bonds is 12. The van der Waals surface area contributed by atoms with Gasteiger partial charge in [0.2, 0.25) is 11.8 Å². The number of aryl methyl sites for hydroxylation is 1. The minimum Gasteiger partial charge on any atom is -0.354 e. The van der Waals surface area contributed by atoms with Crippen LogP contribution < -0.4 is 9.62 Å². The molecule has 0 aliphatic carbocycles. The Bertz CT molecular complexity index is 1410. The molecule has 0 saturated heterocycles. The van der Waals surface area contributed by atoms with Crippen molar-refractivity contribution in [3.63, 3.8) is 0 Å². The number of nitrogens with one attached hydrogen (secondary N) is 1. The zero-order chi connectivity index (χ0) is 29.4. The Labute approximate surface area is 247 Å². The van der Waals surface area contributed by atoms with Gasteiger partial charge < -0.3 is 10.2 Å². The lowest BCUT2D eigenvalue weighted by Crippen LogP contribution is -2.52.